The van der Waals surface area contributed by atoms with Crippen LogP contribution in [0.1, 0.15) is 38.2 Å². The lowest BCUT2D eigenvalue weighted by atomic mass is 10.1. The van der Waals surface area contributed by atoms with Gasteiger partial charge in [-0.1, -0.05) is 48.5 Å². The molecule has 0 radical (unpaired) electrons. The third-order valence-corrected chi connectivity index (χ3v) is 5.44. The zero-order valence-corrected chi connectivity index (χ0v) is 18.2. The van der Waals surface area contributed by atoms with E-state index in [0.29, 0.717) is 13.1 Å². The Morgan fingerprint density at radius 1 is 1.06 bits per heavy atom. The van der Waals surface area contributed by atoms with E-state index in [-0.39, 0.29) is 35.1 Å². The maximum absolute atomic E-state index is 13.4. The largest absolute Gasteiger partial charge is 0.507 e. The maximum atomic E-state index is 13.4. The van der Waals surface area contributed by atoms with Crippen LogP contribution in [0.4, 0.5) is 0 Å². The molecule has 3 aromatic rings. The molecule has 4 rings (SSSR count). The Hall–Kier alpha value is -3.82. The van der Waals surface area contributed by atoms with Crippen molar-refractivity contribution in [1.29, 1.82) is 5.26 Å². The van der Waals surface area contributed by atoms with Gasteiger partial charge in [0.15, 0.2) is 0 Å². The van der Waals surface area contributed by atoms with E-state index in [1.54, 1.807) is 4.90 Å². The van der Waals surface area contributed by atoms with Gasteiger partial charge in [0.2, 0.25) is 0 Å². The third kappa shape index (κ3) is 4.58. The van der Waals surface area contributed by atoms with Crippen LogP contribution >= 0.6 is 0 Å². The van der Waals surface area contributed by atoms with Crippen molar-refractivity contribution in [2.24, 2.45) is 0 Å². The molecule has 162 valence electrons. The highest BCUT2D eigenvalue weighted by Crippen LogP contribution is 2.34. The standard InChI is InChI=1S/C26H25N3O3/c1-28(2)14-19-8-9-21-15-29(16-22(21)10-19)26(31)25-23(30)11-20(13-27)12-24(25)32-17-18-6-4-3-5-7-18/h3-12,30H,14-17H2,1-2H3. The molecule has 32 heavy (non-hydrogen) atoms. The smallest absolute Gasteiger partial charge is 0.262 e. The zero-order chi connectivity index (χ0) is 22.7. The normalized spacial score (nSPS) is 12.5. The summed E-state index contributed by atoms with van der Waals surface area (Å²) in [5, 5.41) is 19.9. The van der Waals surface area contributed by atoms with Crippen LogP contribution in [0, 0.1) is 11.3 Å². The van der Waals surface area contributed by atoms with Crippen LogP contribution in [-0.4, -0.2) is 34.9 Å². The number of phenolic OH excluding ortho intramolecular Hbond substituents is 1. The number of carbonyl (C=O) groups excluding carboxylic acids is 1. The van der Waals surface area contributed by atoms with Gasteiger partial charge in [-0.05, 0) is 48.5 Å². The van der Waals surface area contributed by atoms with E-state index < -0.39 is 0 Å². The summed E-state index contributed by atoms with van der Waals surface area (Å²) in [6, 6.07) is 20.6. The Labute approximate surface area is 187 Å². The van der Waals surface area contributed by atoms with E-state index in [9.17, 15) is 15.2 Å². The first-order valence-electron chi connectivity index (χ1n) is 10.4. The van der Waals surface area contributed by atoms with Crippen molar-refractivity contribution in [3.63, 3.8) is 0 Å². The van der Waals surface area contributed by atoms with Gasteiger partial charge in [0, 0.05) is 19.6 Å². The molecule has 0 saturated heterocycles. The van der Waals surface area contributed by atoms with Crippen LogP contribution < -0.4 is 4.74 Å². The zero-order valence-electron chi connectivity index (χ0n) is 18.2. The van der Waals surface area contributed by atoms with E-state index in [4.69, 9.17) is 4.74 Å². The molecule has 0 saturated carbocycles. The monoisotopic (exact) mass is 427 g/mol. The summed E-state index contributed by atoms with van der Waals surface area (Å²) in [5.74, 6) is -0.360. The first-order chi connectivity index (χ1) is 15.4. The quantitative estimate of drug-likeness (QED) is 0.642. The Kier molecular flexibility index (Phi) is 6.11. The molecule has 0 aromatic heterocycles. The van der Waals surface area contributed by atoms with Crippen LogP contribution in [0.5, 0.6) is 11.5 Å². The fourth-order valence-corrected chi connectivity index (χ4v) is 3.94. The fourth-order valence-electron chi connectivity index (χ4n) is 3.94. The van der Waals surface area contributed by atoms with Gasteiger partial charge >= 0.3 is 0 Å². The highest BCUT2D eigenvalue weighted by molar-refractivity contribution is 6.00. The topological polar surface area (TPSA) is 76.8 Å². The lowest BCUT2D eigenvalue weighted by Gasteiger charge is -2.19. The number of fused-ring (bicyclic) bond motifs is 1. The predicted octanol–water partition coefficient (Wildman–Crippen LogP) is 4.06. The van der Waals surface area contributed by atoms with Crippen LogP contribution in [0.2, 0.25) is 0 Å². The summed E-state index contributed by atoms with van der Waals surface area (Å²) in [4.78, 5) is 17.2. The van der Waals surface area contributed by atoms with Crippen molar-refractivity contribution in [2.75, 3.05) is 14.1 Å². The number of carbonyl (C=O) groups is 1. The number of rotatable bonds is 6. The number of hydrogen-bond donors (Lipinski definition) is 1. The van der Waals surface area contributed by atoms with Crippen molar-refractivity contribution >= 4 is 5.91 Å². The Bertz CT molecular complexity index is 1180. The molecular formula is C26H25N3O3. The van der Waals surface area contributed by atoms with Crippen LogP contribution in [-0.2, 0) is 26.2 Å². The summed E-state index contributed by atoms with van der Waals surface area (Å²) in [7, 11) is 4.04. The third-order valence-electron chi connectivity index (χ3n) is 5.44. The van der Waals surface area contributed by atoms with E-state index in [1.165, 1.54) is 17.7 Å². The average Bonchev–Trinajstić information content (AvgIpc) is 3.20. The van der Waals surface area contributed by atoms with E-state index >= 15 is 0 Å². The molecule has 1 aliphatic rings. The fraction of sp³-hybridized carbons (Fsp3) is 0.231. The second-order valence-corrected chi connectivity index (χ2v) is 8.26. The number of benzene rings is 3. The summed E-state index contributed by atoms with van der Waals surface area (Å²) >= 11 is 0. The number of nitrogens with zero attached hydrogens (tertiary/aromatic N) is 3. The molecule has 1 heterocycles. The molecule has 0 spiro atoms. The van der Waals surface area contributed by atoms with Gasteiger partial charge in [-0.15, -0.1) is 0 Å². The van der Waals surface area contributed by atoms with Gasteiger partial charge in [0.1, 0.15) is 23.7 Å². The molecule has 0 atom stereocenters. The minimum absolute atomic E-state index is 0.0845. The summed E-state index contributed by atoms with van der Waals surface area (Å²) in [5.41, 5.74) is 4.64. The lowest BCUT2D eigenvalue weighted by molar-refractivity contribution is 0.0743. The van der Waals surface area contributed by atoms with E-state index in [2.05, 4.69) is 23.1 Å². The highest BCUT2D eigenvalue weighted by Gasteiger charge is 2.29. The summed E-state index contributed by atoms with van der Waals surface area (Å²) < 4.78 is 5.90. The van der Waals surface area contributed by atoms with Crippen LogP contribution in [0.25, 0.3) is 0 Å². The molecule has 3 aromatic carbocycles. The Morgan fingerprint density at radius 3 is 2.53 bits per heavy atom. The number of nitriles is 1. The molecule has 0 bridgehead atoms. The molecule has 6 heteroatoms. The molecule has 0 unspecified atom stereocenters. The van der Waals surface area contributed by atoms with Crippen molar-refractivity contribution in [3.8, 4) is 17.6 Å². The van der Waals surface area contributed by atoms with Crippen molar-refractivity contribution in [1.82, 2.24) is 9.80 Å². The molecule has 0 aliphatic carbocycles. The first-order valence-corrected chi connectivity index (χ1v) is 10.4. The van der Waals surface area contributed by atoms with Crippen LogP contribution in [0.3, 0.4) is 0 Å². The van der Waals surface area contributed by atoms with Crippen molar-refractivity contribution < 1.29 is 14.6 Å². The molecule has 6 nitrogen and oxygen atoms in total. The Balaban J connectivity index is 1.59. The summed E-state index contributed by atoms with van der Waals surface area (Å²) in [6.07, 6.45) is 0. The number of amides is 1. The Morgan fingerprint density at radius 2 is 1.81 bits per heavy atom. The van der Waals surface area contributed by atoms with E-state index in [0.717, 1.165) is 23.2 Å². The SMILES string of the molecule is CN(C)Cc1ccc2c(c1)CN(C(=O)c1c(O)cc(C#N)cc1OCc1ccccc1)C2. The number of ether oxygens (including phenoxy) is 1. The van der Waals surface area contributed by atoms with Gasteiger partial charge in [0.05, 0.1) is 11.6 Å². The predicted molar refractivity (Wildman–Crippen MR) is 121 cm³/mol. The van der Waals surface area contributed by atoms with Gasteiger partial charge in [-0.2, -0.15) is 5.26 Å². The first kappa shape index (κ1) is 21.4. The minimum atomic E-state index is -0.319. The average molecular weight is 428 g/mol. The molecule has 1 N–H and O–H groups in total. The molecule has 0 fully saturated rings. The van der Waals surface area contributed by atoms with Gasteiger partial charge in [-0.3, -0.25) is 4.79 Å². The highest BCUT2D eigenvalue weighted by atomic mass is 16.5. The van der Waals surface area contributed by atoms with Crippen LogP contribution in [0.15, 0.2) is 60.7 Å². The summed E-state index contributed by atoms with van der Waals surface area (Å²) in [6.45, 7) is 1.99. The van der Waals surface area contributed by atoms with Crippen molar-refractivity contribution in [2.45, 2.75) is 26.2 Å². The molecular weight excluding hydrogens is 402 g/mol. The molecule has 1 amide bonds. The second kappa shape index (κ2) is 9.13. The van der Waals surface area contributed by atoms with E-state index in [1.807, 2.05) is 50.5 Å². The molecule has 1 aliphatic heterocycles. The number of hydrogen-bond acceptors (Lipinski definition) is 5. The number of aromatic hydroxyl groups is 1. The minimum Gasteiger partial charge on any atom is -0.507 e. The second-order valence-electron chi connectivity index (χ2n) is 8.26. The van der Waals surface area contributed by atoms with Gasteiger partial charge in [-0.25, -0.2) is 0 Å². The maximum Gasteiger partial charge on any atom is 0.262 e. The lowest BCUT2D eigenvalue weighted by Crippen LogP contribution is -2.26. The number of phenols is 1. The van der Waals surface area contributed by atoms with Crippen molar-refractivity contribution in [3.05, 3.63) is 94.0 Å². The van der Waals surface area contributed by atoms with Gasteiger partial charge in [0.25, 0.3) is 5.91 Å². The van der Waals surface area contributed by atoms with Gasteiger partial charge < -0.3 is 19.6 Å².